The van der Waals surface area contributed by atoms with E-state index in [0.29, 0.717) is 13.0 Å². The lowest BCUT2D eigenvalue weighted by atomic mass is 9.98. The molecule has 1 fully saturated rings. The summed E-state index contributed by atoms with van der Waals surface area (Å²) in [6, 6.07) is 8.48. The van der Waals surface area contributed by atoms with Gasteiger partial charge in [-0.3, -0.25) is 4.79 Å². The minimum atomic E-state index is -0.553. The number of esters is 1. The van der Waals surface area contributed by atoms with Crippen LogP contribution in [0.5, 0.6) is 0 Å². The van der Waals surface area contributed by atoms with Crippen LogP contribution in [0, 0.1) is 5.92 Å². The second-order valence-corrected chi connectivity index (χ2v) is 6.19. The molecule has 1 aromatic carbocycles. The number of hydrogen-bond acceptors (Lipinski definition) is 4. The van der Waals surface area contributed by atoms with E-state index in [-0.39, 0.29) is 24.4 Å². The maximum atomic E-state index is 12.5. The first-order valence-electron chi connectivity index (χ1n) is 8.31. The molecule has 23 heavy (non-hydrogen) atoms. The SMILES string of the molecule is CC[C@H](C)[C@H](N)C(=O)N1CCC[C@@H]1C(=O)OCc1ccccc1. The highest BCUT2D eigenvalue weighted by Crippen LogP contribution is 2.21. The smallest absolute Gasteiger partial charge is 0.329 e. The molecule has 1 amide bonds. The number of rotatable bonds is 6. The van der Waals surface area contributed by atoms with Crippen LogP contribution in [-0.2, 0) is 20.9 Å². The topological polar surface area (TPSA) is 72.6 Å². The summed E-state index contributed by atoms with van der Waals surface area (Å²) in [5.41, 5.74) is 6.97. The predicted octanol–water partition coefficient (Wildman–Crippen LogP) is 2.09. The van der Waals surface area contributed by atoms with E-state index < -0.39 is 12.1 Å². The molecule has 2 rings (SSSR count). The van der Waals surface area contributed by atoms with Crippen LogP contribution in [0.2, 0.25) is 0 Å². The van der Waals surface area contributed by atoms with Gasteiger partial charge in [-0.2, -0.15) is 0 Å². The minimum absolute atomic E-state index is 0.101. The first kappa shape index (κ1) is 17.5. The summed E-state index contributed by atoms with van der Waals surface area (Å²) in [7, 11) is 0. The quantitative estimate of drug-likeness (QED) is 0.815. The molecule has 0 bridgehead atoms. The maximum Gasteiger partial charge on any atom is 0.329 e. The maximum absolute atomic E-state index is 12.5. The molecule has 1 saturated heterocycles. The normalized spacial score (nSPS) is 20.1. The molecule has 2 N–H and O–H groups in total. The van der Waals surface area contributed by atoms with Crippen LogP contribution in [0.1, 0.15) is 38.7 Å². The highest BCUT2D eigenvalue weighted by molar-refractivity contribution is 5.88. The van der Waals surface area contributed by atoms with E-state index in [1.54, 1.807) is 4.90 Å². The van der Waals surface area contributed by atoms with Crippen LogP contribution >= 0.6 is 0 Å². The highest BCUT2D eigenvalue weighted by atomic mass is 16.5. The molecule has 5 heteroatoms. The molecule has 1 aliphatic heterocycles. The first-order chi connectivity index (χ1) is 11.0. The lowest BCUT2D eigenvalue weighted by Gasteiger charge is -2.28. The number of nitrogens with zero attached hydrogens (tertiary/aromatic N) is 1. The summed E-state index contributed by atoms with van der Waals surface area (Å²) in [5, 5.41) is 0. The number of hydrogen-bond donors (Lipinski definition) is 1. The molecule has 0 saturated carbocycles. The van der Waals surface area contributed by atoms with Gasteiger partial charge in [-0.1, -0.05) is 50.6 Å². The third-order valence-corrected chi connectivity index (χ3v) is 4.57. The summed E-state index contributed by atoms with van der Waals surface area (Å²) in [5.74, 6) is -0.376. The van der Waals surface area contributed by atoms with Crippen LogP contribution in [0.4, 0.5) is 0 Å². The fourth-order valence-electron chi connectivity index (χ4n) is 2.79. The zero-order valence-corrected chi connectivity index (χ0v) is 13.9. The molecule has 0 spiro atoms. The number of nitrogens with two attached hydrogens (primary N) is 1. The molecule has 126 valence electrons. The van der Waals surface area contributed by atoms with Crippen LogP contribution in [0.3, 0.4) is 0 Å². The van der Waals surface area contributed by atoms with Gasteiger partial charge < -0.3 is 15.4 Å². The average molecular weight is 318 g/mol. The van der Waals surface area contributed by atoms with E-state index in [9.17, 15) is 9.59 Å². The number of carbonyl (C=O) groups is 2. The Morgan fingerprint density at radius 1 is 1.35 bits per heavy atom. The zero-order valence-electron chi connectivity index (χ0n) is 13.9. The third kappa shape index (κ3) is 4.32. The highest BCUT2D eigenvalue weighted by Gasteiger charge is 2.38. The summed E-state index contributed by atoms with van der Waals surface area (Å²) in [6.45, 7) is 4.78. The average Bonchev–Trinajstić information content (AvgIpc) is 3.08. The monoisotopic (exact) mass is 318 g/mol. The summed E-state index contributed by atoms with van der Waals surface area (Å²) < 4.78 is 5.39. The van der Waals surface area contributed by atoms with Crippen LogP contribution in [0.25, 0.3) is 0 Å². The molecule has 3 atom stereocenters. The molecule has 0 aliphatic carbocycles. The standard InChI is InChI=1S/C18H26N2O3/c1-3-13(2)16(19)17(21)20-11-7-10-15(20)18(22)23-12-14-8-5-4-6-9-14/h4-6,8-9,13,15-16H,3,7,10-12,19H2,1-2H3/t13-,15+,16-/m0/s1. The largest absolute Gasteiger partial charge is 0.459 e. The van der Waals surface area contributed by atoms with Gasteiger partial charge >= 0.3 is 5.97 Å². The van der Waals surface area contributed by atoms with Crippen molar-refractivity contribution in [2.45, 2.75) is 51.8 Å². The Morgan fingerprint density at radius 3 is 2.70 bits per heavy atom. The third-order valence-electron chi connectivity index (χ3n) is 4.57. The Bertz CT molecular complexity index is 532. The van der Waals surface area contributed by atoms with Gasteiger partial charge in [0.2, 0.25) is 5.91 Å². The Hall–Kier alpha value is -1.88. The second kappa shape index (κ2) is 8.11. The van der Waals surface area contributed by atoms with Gasteiger partial charge in [-0.05, 0) is 24.3 Å². The van der Waals surface area contributed by atoms with Crippen molar-refractivity contribution >= 4 is 11.9 Å². The van der Waals surface area contributed by atoms with Gasteiger partial charge in [0.1, 0.15) is 12.6 Å². The predicted molar refractivity (Wildman–Crippen MR) is 88.4 cm³/mol. The van der Waals surface area contributed by atoms with Gasteiger partial charge in [-0.25, -0.2) is 4.79 Å². The van der Waals surface area contributed by atoms with Crippen LogP contribution < -0.4 is 5.73 Å². The molecular weight excluding hydrogens is 292 g/mol. The number of likely N-dealkylation sites (tertiary alicyclic amines) is 1. The number of carbonyl (C=O) groups excluding carboxylic acids is 2. The first-order valence-corrected chi connectivity index (χ1v) is 8.31. The molecule has 0 aromatic heterocycles. The van der Waals surface area contributed by atoms with Crippen LogP contribution in [-0.4, -0.2) is 35.4 Å². The molecule has 1 aliphatic rings. The molecule has 0 unspecified atom stereocenters. The Labute approximate surface area is 137 Å². The van der Waals surface area contributed by atoms with E-state index >= 15 is 0 Å². The van der Waals surface area contributed by atoms with Crippen molar-refractivity contribution in [1.29, 1.82) is 0 Å². The van der Waals surface area contributed by atoms with Crippen molar-refractivity contribution in [3.05, 3.63) is 35.9 Å². The molecule has 0 radical (unpaired) electrons. The van der Waals surface area contributed by atoms with Crippen molar-refractivity contribution < 1.29 is 14.3 Å². The summed E-state index contributed by atoms with van der Waals surface area (Å²) >= 11 is 0. The van der Waals surface area contributed by atoms with Gasteiger partial charge in [0.05, 0.1) is 6.04 Å². The summed E-state index contributed by atoms with van der Waals surface area (Å²) in [4.78, 5) is 26.5. The lowest BCUT2D eigenvalue weighted by Crippen LogP contribution is -2.51. The van der Waals surface area contributed by atoms with Crippen molar-refractivity contribution in [1.82, 2.24) is 4.90 Å². The second-order valence-electron chi connectivity index (χ2n) is 6.19. The van der Waals surface area contributed by atoms with Gasteiger partial charge in [0, 0.05) is 6.54 Å². The van der Waals surface area contributed by atoms with E-state index in [0.717, 1.165) is 18.4 Å². The van der Waals surface area contributed by atoms with Crippen LogP contribution in [0.15, 0.2) is 30.3 Å². The molecule has 1 heterocycles. The van der Waals surface area contributed by atoms with Crippen molar-refractivity contribution in [3.63, 3.8) is 0 Å². The fourth-order valence-corrected chi connectivity index (χ4v) is 2.79. The van der Waals surface area contributed by atoms with Gasteiger partial charge in [0.25, 0.3) is 0 Å². The van der Waals surface area contributed by atoms with E-state index in [1.165, 1.54) is 0 Å². The molecule has 5 nitrogen and oxygen atoms in total. The zero-order chi connectivity index (χ0) is 16.8. The van der Waals surface area contributed by atoms with Crippen molar-refractivity contribution in [2.24, 2.45) is 11.7 Å². The number of amides is 1. The van der Waals surface area contributed by atoms with Gasteiger partial charge in [0.15, 0.2) is 0 Å². The summed E-state index contributed by atoms with van der Waals surface area (Å²) in [6.07, 6.45) is 2.29. The Kier molecular flexibility index (Phi) is 6.16. The number of benzene rings is 1. The molecular formula is C18H26N2O3. The van der Waals surface area contributed by atoms with Gasteiger partial charge in [-0.15, -0.1) is 0 Å². The molecule has 1 aromatic rings. The van der Waals surface area contributed by atoms with E-state index in [1.807, 2.05) is 44.2 Å². The van der Waals surface area contributed by atoms with Crippen molar-refractivity contribution in [3.8, 4) is 0 Å². The van der Waals surface area contributed by atoms with E-state index in [4.69, 9.17) is 10.5 Å². The Balaban J connectivity index is 1.95. The Morgan fingerprint density at radius 2 is 2.04 bits per heavy atom. The van der Waals surface area contributed by atoms with E-state index in [2.05, 4.69) is 0 Å². The number of ether oxygens (including phenoxy) is 1. The lowest BCUT2D eigenvalue weighted by molar-refractivity contribution is -0.155. The fraction of sp³-hybridized carbons (Fsp3) is 0.556. The minimum Gasteiger partial charge on any atom is -0.459 e. The van der Waals surface area contributed by atoms with Crippen molar-refractivity contribution in [2.75, 3.05) is 6.54 Å².